The smallest absolute Gasteiger partial charge is 0.147 e. The van der Waals surface area contributed by atoms with E-state index in [-0.39, 0.29) is 0 Å². The van der Waals surface area contributed by atoms with Gasteiger partial charge in [-0.15, -0.1) is 0 Å². The Bertz CT molecular complexity index is 590. The molecule has 0 spiro atoms. The number of halogens is 3. The summed E-state index contributed by atoms with van der Waals surface area (Å²) in [6.45, 7) is 0.790. The van der Waals surface area contributed by atoms with Gasteiger partial charge >= 0.3 is 0 Å². The minimum Gasteiger partial charge on any atom is -0.456 e. The molecular formula is C14H12BrCl2NO. The van der Waals surface area contributed by atoms with E-state index in [1.165, 1.54) is 0 Å². The Balaban J connectivity index is 2.24. The summed E-state index contributed by atoms with van der Waals surface area (Å²) < 4.78 is 6.72. The van der Waals surface area contributed by atoms with Gasteiger partial charge in [0.05, 0.1) is 5.02 Å². The lowest BCUT2D eigenvalue weighted by molar-refractivity contribution is 0.482. The Morgan fingerprint density at radius 2 is 1.95 bits per heavy atom. The fourth-order valence-electron chi connectivity index (χ4n) is 1.61. The topological polar surface area (TPSA) is 21.3 Å². The number of rotatable bonds is 4. The van der Waals surface area contributed by atoms with E-state index in [0.29, 0.717) is 21.5 Å². The van der Waals surface area contributed by atoms with Crippen molar-refractivity contribution in [1.82, 2.24) is 5.32 Å². The molecule has 2 rings (SSSR count). The Kier molecular flexibility index (Phi) is 5.11. The Morgan fingerprint density at radius 1 is 1.16 bits per heavy atom. The van der Waals surface area contributed by atoms with Crippen molar-refractivity contribution < 1.29 is 4.74 Å². The third-order valence-corrected chi connectivity index (χ3v) is 3.80. The summed E-state index contributed by atoms with van der Waals surface area (Å²) in [6.07, 6.45) is 0. The zero-order chi connectivity index (χ0) is 13.8. The van der Waals surface area contributed by atoms with Crippen LogP contribution >= 0.6 is 39.1 Å². The normalized spacial score (nSPS) is 10.5. The molecule has 0 unspecified atom stereocenters. The molecule has 0 saturated carbocycles. The molecule has 100 valence electrons. The predicted molar refractivity (Wildman–Crippen MR) is 83.4 cm³/mol. The lowest BCUT2D eigenvalue weighted by Crippen LogP contribution is -2.05. The van der Waals surface area contributed by atoms with Gasteiger partial charge in [-0.2, -0.15) is 0 Å². The lowest BCUT2D eigenvalue weighted by Gasteiger charge is -2.10. The van der Waals surface area contributed by atoms with Gasteiger partial charge in [0, 0.05) is 22.1 Å². The van der Waals surface area contributed by atoms with E-state index in [9.17, 15) is 0 Å². The second-order valence-corrected chi connectivity index (χ2v) is 5.66. The zero-order valence-corrected chi connectivity index (χ0v) is 13.3. The van der Waals surface area contributed by atoms with Crippen molar-refractivity contribution in [2.45, 2.75) is 6.54 Å². The molecule has 0 aromatic heterocycles. The molecule has 0 aliphatic rings. The van der Waals surface area contributed by atoms with Gasteiger partial charge in [-0.1, -0.05) is 45.2 Å². The number of ether oxygens (including phenoxy) is 1. The average molecular weight is 361 g/mol. The van der Waals surface area contributed by atoms with Crippen LogP contribution in [-0.4, -0.2) is 7.05 Å². The van der Waals surface area contributed by atoms with Gasteiger partial charge in [-0.05, 0) is 36.9 Å². The van der Waals surface area contributed by atoms with Crippen LogP contribution in [-0.2, 0) is 6.54 Å². The van der Waals surface area contributed by atoms with E-state index in [1.54, 1.807) is 18.2 Å². The predicted octanol–water partition coefficient (Wildman–Crippen LogP) is 5.27. The second kappa shape index (κ2) is 6.62. The van der Waals surface area contributed by atoms with Gasteiger partial charge in [-0.25, -0.2) is 0 Å². The average Bonchev–Trinajstić information content (AvgIpc) is 2.37. The van der Waals surface area contributed by atoms with Gasteiger partial charge in [-0.3, -0.25) is 0 Å². The van der Waals surface area contributed by atoms with E-state index >= 15 is 0 Å². The molecule has 0 aliphatic heterocycles. The van der Waals surface area contributed by atoms with Crippen molar-refractivity contribution in [3.63, 3.8) is 0 Å². The van der Waals surface area contributed by atoms with Crippen molar-refractivity contribution in [1.29, 1.82) is 0 Å². The summed E-state index contributed by atoms with van der Waals surface area (Å²) in [7, 11) is 1.91. The molecule has 0 atom stereocenters. The van der Waals surface area contributed by atoms with Crippen LogP contribution in [0.2, 0.25) is 10.0 Å². The standard InChI is InChI=1S/C14H12BrCl2NO/c1-18-8-9-2-4-11(7-12(9)15)19-14-6-10(16)3-5-13(14)17/h2-7,18H,8H2,1H3. The molecule has 0 bridgehead atoms. The molecule has 19 heavy (non-hydrogen) atoms. The van der Waals surface area contributed by atoms with Crippen molar-refractivity contribution in [2.75, 3.05) is 7.05 Å². The maximum absolute atomic E-state index is 6.06. The highest BCUT2D eigenvalue weighted by Gasteiger charge is 2.06. The number of nitrogens with one attached hydrogen (secondary N) is 1. The van der Waals surface area contributed by atoms with Gasteiger partial charge in [0.1, 0.15) is 11.5 Å². The van der Waals surface area contributed by atoms with Crippen LogP contribution in [0.3, 0.4) is 0 Å². The fourth-order valence-corrected chi connectivity index (χ4v) is 2.42. The Morgan fingerprint density at radius 3 is 2.63 bits per heavy atom. The third-order valence-electron chi connectivity index (χ3n) is 2.51. The fraction of sp³-hybridized carbons (Fsp3) is 0.143. The van der Waals surface area contributed by atoms with Crippen LogP contribution in [0.1, 0.15) is 5.56 Å². The summed E-state index contributed by atoms with van der Waals surface area (Å²) in [4.78, 5) is 0. The van der Waals surface area contributed by atoms with Crippen LogP contribution in [0.5, 0.6) is 11.5 Å². The first kappa shape index (κ1) is 14.7. The van der Waals surface area contributed by atoms with Crippen molar-refractivity contribution >= 4 is 39.1 Å². The highest BCUT2D eigenvalue weighted by atomic mass is 79.9. The first-order valence-electron chi connectivity index (χ1n) is 5.66. The first-order chi connectivity index (χ1) is 9.10. The van der Waals surface area contributed by atoms with Gasteiger partial charge in [0.15, 0.2) is 0 Å². The number of benzene rings is 2. The molecule has 1 N–H and O–H groups in total. The van der Waals surface area contributed by atoms with Crippen molar-refractivity contribution in [3.8, 4) is 11.5 Å². The zero-order valence-electron chi connectivity index (χ0n) is 10.2. The maximum Gasteiger partial charge on any atom is 0.147 e. The van der Waals surface area contributed by atoms with Crippen LogP contribution in [0.25, 0.3) is 0 Å². The monoisotopic (exact) mass is 359 g/mol. The molecule has 0 heterocycles. The van der Waals surface area contributed by atoms with Crippen molar-refractivity contribution in [3.05, 3.63) is 56.5 Å². The largest absolute Gasteiger partial charge is 0.456 e. The Hall–Kier alpha value is -0.740. The summed E-state index contributed by atoms with van der Waals surface area (Å²) in [5, 5.41) is 4.22. The molecule has 0 aliphatic carbocycles. The maximum atomic E-state index is 6.06. The van der Waals surface area contributed by atoms with E-state index < -0.39 is 0 Å². The van der Waals surface area contributed by atoms with E-state index in [0.717, 1.165) is 16.6 Å². The quantitative estimate of drug-likeness (QED) is 0.802. The molecule has 2 aromatic carbocycles. The molecule has 0 fully saturated rings. The molecule has 5 heteroatoms. The van der Waals surface area contributed by atoms with Crippen LogP contribution in [0, 0.1) is 0 Å². The van der Waals surface area contributed by atoms with Crippen molar-refractivity contribution in [2.24, 2.45) is 0 Å². The SMILES string of the molecule is CNCc1ccc(Oc2cc(Cl)ccc2Cl)cc1Br. The van der Waals surface area contributed by atoms with Gasteiger partial charge in [0.2, 0.25) is 0 Å². The molecule has 2 nitrogen and oxygen atoms in total. The minimum absolute atomic E-state index is 0.528. The van der Waals surface area contributed by atoms with E-state index in [4.69, 9.17) is 27.9 Å². The van der Waals surface area contributed by atoms with E-state index in [2.05, 4.69) is 21.2 Å². The molecule has 0 amide bonds. The molecule has 0 radical (unpaired) electrons. The molecule has 2 aromatic rings. The first-order valence-corrected chi connectivity index (χ1v) is 7.21. The minimum atomic E-state index is 0.528. The van der Waals surface area contributed by atoms with Crippen LogP contribution in [0.4, 0.5) is 0 Å². The van der Waals surface area contributed by atoms with Gasteiger partial charge in [0.25, 0.3) is 0 Å². The van der Waals surface area contributed by atoms with Gasteiger partial charge < -0.3 is 10.1 Å². The van der Waals surface area contributed by atoms with E-state index in [1.807, 2.05) is 25.2 Å². The van der Waals surface area contributed by atoms with Crippen LogP contribution in [0.15, 0.2) is 40.9 Å². The highest BCUT2D eigenvalue weighted by molar-refractivity contribution is 9.10. The molecule has 0 saturated heterocycles. The molecular weight excluding hydrogens is 349 g/mol. The lowest BCUT2D eigenvalue weighted by atomic mass is 10.2. The third kappa shape index (κ3) is 3.86. The van der Waals surface area contributed by atoms with Crippen LogP contribution < -0.4 is 10.1 Å². The summed E-state index contributed by atoms with van der Waals surface area (Å²) >= 11 is 15.5. The highest BCUT2D eigenvalue weighted by Crippen LogP contribution is 2.33. The summed E-state index contributed by atoms with van der Waals surface area (Å²) in [5.41, 5.74) is 1.16. The summed E-state index contributed by atoms with van der Waals surface area (Å²) in [6, 6.07) is 10.9. The number of hydrogen-bond acceptors (Lipinski definition) is 2. The summed E-state index contributed by atoms with van der Waals surface area (Å²) in [5.74, 6) is 1.25. The Labute approximate surface area is 130 Å². The second-order valence-electron chi connectivity index (χ2n) is 3.96. The number of hydrogen-bond donors (Lipinski definition) is 1.